The highest BCUT2D eigenvalue weighted by molar-refractivity contribution is 6.25. The molecule has 0 saturated carbocycles. The average molecular weight is 565 g/mol. The first kappa shape index (κ1) is 33.5. The number of Topliss-reactive ketones (excluding diaryl/α,β-unsaturated/α-hetero) is 2. The Morgan fingerprint density at radius 1 is 0.775 bits per heavy atom. The molecule has 0 fully saturated rings. The van der Waals surface area contributed by atoms with Gasteiger partial charge >= 0.3 is 0 Å². The van der Waals surface area contributed by atoms with Gasteiger partial charge in [-0.25, -0.2) is 0 Å². The van der Waals surface area contributed by atoms with Crippen LogP contribution in [0, 0.1) is 0 Å². The minimum atomic E-state index is -0.217. The largest absolute Gasteiger partial charge is 0.392 e. The van der Waals surface area contributed by atoms with E-state index in [4.69, 9.17) is 16.7 Å². The zero-order chi connectivity index (χ0) is 28.9. The molecular weight excluding hydrogens is 536 g/mol. The molecule has 0 atom stereocenters. The summed E-state index contributed by atoms with van der Waals surface area (Å²) in [4.78, 5) is 62.4. The zero-order valence-corrected chi connectivity index (χ0v) is 22.9. The molecule has 0 amide bonds. The number of hydrogen-bond acceptors (Lipinski definition) is 9. The lowest BCUT2D eigenvalue weighted by Gasteiger charge is -2.12. The second kappa shape index (κ2) is 16.4. The van der Waals surface area contributed by atoms with Gasteiger partial charge in [0, 0.05) is 39.0 Å². The van der Waals surface area contributed by atoms with Gasteiger partial charge in [0.1, 0.15) is 12.9 Å². The Labute approximate surface area is 237 Å². The lowest BCUT2D eigenvalue weighted by molar-refractivity contribution is 0.0984. The Kier molecular flexibility index (Phi) is 13.7. The fourth-order valence-corrected chi connectivity index (χ4v) is 3.51. The van der Waals surface area contributed by atoms with Gasteiger partial charge in [0.25, 0.3) is 0 Å². The van der Waals surface area contributed by atoms with Crippen molar-refractivity contribution in [2.75, 3.05) is 13.2 Å². The van der Waals surface area contributed by atoms with Crippen LogP contribution in [0.25, 0.3) is 0 Å². The number of ketones is 4. The number of fused-ring (bicyclic) bond motifs is 2. The maximum Gasteiger partial charge on any atom is 0.189 e. The Bertz CT molecular complexity index is 1420. The SMILES string of the molecule is C=CCO/N=C/c1ccc2c(c1)C(=O)C=C(C)C2=O.C=CCOCl.CC1=CC(=O)c2cc(C=O)ccc2C1=O.N. The number of nitrogens with zero attached hydrogens (tertiary/aromatic N) is 1. The minimum absolute atomic E-state index is 0. The molecule has 0 aromatic heterocycles. The number of carbonyl (C=O) groups excluding carboxylic acids is 5. The van der Waals surface area contributed by atoms with Crippen LogP contribution in [0.4, 0.5) is 0 Å². The maximum absolute atomic E-state index is 11.9. The van der Waals surface area contributed by atoms with Crippen molar-refractivity contribution in [1.29, 1.82) is 0 Å². The van der Waals surface area contributed by atoms with Crippen LogP contribution in [0.15, 0.2) is 90.2 Å². The second-order valence-electron chi connectivity index (χ2n) is 8.15. The fourth-order valence-electron chi connectivity index (χ4n) is 3.42. The highest BCUT2D eigenvalue weighted by Gasteiger charge is 2.24. The Morgan fingerprint density at radius 2 is 1.25 bits per heavy atom. The molecule has 4 rings (SSSR count). The number of aldehydes is 1. The lowest BCUT2D eigenvalue weighted by Crippen LogP contribution is -2.15. The summed E-state index contributed by atoms with van der Waals surface area (Å²) in [6.07, 6.45) is 7.97. The lowest BCUT2D eigenvalue weighted by atomic mass is 9.89. The highest BCUT2D eigenvalue weighted by Crippen LogP contribution is 2.23. The Balaban J connectivity index is 0.000000341. The van der Waals surface area contributed by atoms with Gasteiger partial charge in [0.05, 0.1) is 24.7 Å². The molecule has 0 unspecified atom stereocenters. The monoisotopic (exact) mass is 564 g/mol. The Hall–Kier alpha value is -4.57. The van der Waals surface area contributed by atoms with Crippen molar-refractivity contribution in [3.63, 3.8) is 0 Å². The fraction of sp³-hybridized carbons (Fsp3) is 0.133. The van der Waals surface area contributed by atoms with E-state index in [1.165, 1.54) is 36.6 Å². The van der Waals surface area contributed by atoms with Crippen molar-refractivity contribution >= 4 is 47.5 Å². The van der Waals surface area contributed by atoms with E-state index in [1.807, 2.05) is 0 Å². The van der Waals surface area contributed by atoms with E-state index < -0.39 is 0 Å². The van der Waals surface area contributed by atoms with Crippen molar-refractivity contribution in [3.8, 4) is 0 Å². The summed E-state index contributed by atoms with van der Waals surface area (Å²) >= 11 is 4.73. The van der Waals surface area contributed by atoms with Crippen molar-refractivity contribution in [2.24, 2.45) is 5.16 Å². The molecule has 0 heterocycles. The van der Waals surface area contributed by atoms with Gasteiger partial charge in [0.2, 0.25) is 0 Å². The van der Waals surface area contributed by atoms with Gasteiger partial charge in [-0.15, -0.1) is 6.58 Å². The highest BCUT2D eigenvalue weighted by atomic mass is 35.5. The summed E-state index contributed by atoms with van der Waals surface area (Å²) in [5.74, 6) is -0.636. The zero-order valence-electron chi connectivity index (χ0n) is 22.1. The van der Waals surface area contributed by atoms with E-state index in [0.717, 1.165) is 0 Å². The van der Waals surface area contributed by atoms with Crippen molar-refractivity contribution < 1.29 is 33.1 Å². The number of rotatable bonds is 7. The number of carbonyl (C=O) groups is 5. The first-order valence-electron chi connectivity index (χ1n) is 11.6. The van der Waals surface area contributed by atoms with E-state index in [2.05, 4.69) is 22.6 Å². The molecule has 208 valence electrons. The van der Waals surface area contributed by atoms with Crippen LogP contribution in [-0.4, -0.2) is 48.8 Å². The smallest absolute Gasteiger partial charge is 0.189 e. The van der Waals surface area contributed by atoms with E-state index >= 15 is 0 Å². The van der Waals surface area contributed by atoms with Gasteiger partial charge in [-0.2, -0.15) is 0 Å². The third-order valence-electron chi connectivity index (χ3n) is 5.30. The standard InChI is InChI=1S/C15H13NO3.C12H8O3.C3H5ClO.H3N/c1-3-6-19-16-9-11-4-5-12-13(8-11)14(17)7-10(2)15(12)18;1-7-4-11(14)10-5-8(6-13)2-3-9(10)12(7)15;1-2-3-5-4;/h3-5,7-9H,1,6H2,2H3;2-6H,1H3;2H,1,3H2;1H3/b16-9+;;;. The van der Waals surface area contributed by atoms with Gasteiger partial charge < -0.3 is 11.0 Å². The first-order valence-corrected chi connectivity index (χ1v) is 11.9. The van der Waals surface area contributed by atoms with Crippen LogP contribution in [0.5, 0.6) is 0 Å². The summed E-state index contributed by atoms with van der Waals surface area (Å²) in [7, 11) is 0. The van der Waals surface area contributed by atoms with Crippen LogP contribution in [-0.2, 0) is 9.13 Å². The summed E-state index contributed by atoms with van der Waals surface area (Å²) in [5.41, 5.74) is 3.55. The maximum atomic E-state index is 11.9. The average Bonchev–Trinajstić information content (AvgIpc) is 2.94. The molecule has 0 spiro atoms. The Morgan fingerprint density at radius 3 is 1.68 bits per heavy atom. The third kappa shape index (κ3) is 8.74. The molecular formula is C30H29ClN2O7. The minimum Gasteiger partial charge on any atom is -0.392 e. The van der Waals surface area contributed by atoms with Gasteiger partial charge in [-0.1, -0.05) is 36.0 Å². The van der Waals surface area contributed by atoms with E-state index in [0.29, 0.717) is 64.0 Å². The predicted molar refractivity (Wildman–Crippen MR) is 154 cm³/mol. The number of halogens is 1. The summed E-state index contributed by atoms with van der Waals surface area (Å²) < 4.78 is 4.05. The van der Waals surface area contributed by atoms with Crippen LogP contribution < -0.4 is 6.15 Å². The van der Waals surface area contributed by atoms with Crippen LogP contribution in [0.1, 0.15) is 71.2 Å². The van der Waals surface area contributed by atoms with Crippen LogP contribution in [0.2, 0.25) is 0 Å². The first-order chi connectivity index (χ1) is 18.7. The molecule has 2 aromatic carbocycles. The quantitative estimate of drug-likeness (QED) is 0.144. The third-order valence-corrected chi connectivity index (χ3v) is 5.43. The second-order valence-corrected chi connectivity index (χ2v) is 8.37. The molecule has 9 nitrogen and oxygen atoms in total. The number of benzene rings is 2. The van der Waals surface area contributed by atoms with Crippen molar-refractivity contribution in [3.05, 3.63) is 118 Å². The van der Waals surface area contributed by atoms with Gasteiger partial charge in [-0.05, 0) is 55.8 Å². The normalized spacial score (nSPS) is 13.2. The van der Waals surface area contributed by atoms with Gasteiger partial charge in [0.15, 0.2) is 23.1 Å². The molecule has 3 N–H and O–H groups in total. The topological polar surface area (TPSA) is 151 Å². The summed E-state index contributed by atoms with van der Waals surface area (Å²) in [5, 5.41) is 3.73. The number of hydrogen-bond donors (Lipinski definition) is 1. The van der Waals surface area contributed by atoms with Crippen LogP contribution >= 0.6 is 11.9 Å². The number of oxime groups is 1. The molecule has 0 bridgehead atoms. The molecule has 2 aromatic rings. The van der Waals surface area contributed by atoms with Crippen molar-refractivity contribution in [2.45, 2.75) is 13.8 Å². The van der Waals surface area contributed by atoms with E-state index in [9.17, 15) is 24.0 Å². The molecule has 0 aliphatic heterocycles. The van der Waals surface area contributed by atoms with Crippen molar-refractivity contribution in [1.82, 2.24) is 6.15 Å². The molecule has 0 saturated heterocycles. The molecule has 2 aliphatic carbocycles. The summed E-state index contributed by atoms with van der Waals surface area (Å²) in [6.45, 7) is 10.8. The predicted octanol–water partition coefficient (Wildman–Crippen LogP) is 5.88. The molecule has 0 radical (unpaired) electrons. The number of allylic oxidation sites excluding steroid dienone is 4. The van der Waals surface area contributed by atoms with Crippen LogP contribution in [0.3, 0.4) is 0 Å². The summed E-state index contributed by atoms with van der Waals surface area (Å²) in [6, 6.07) is 9.51. The molecule has 40 heavy (non-hydrogen) atoms. The van der Waals surface area contributed by atoms with E-state index in [1.54, 1.807) is 44.2 Å². The van der Waals surface area contributed by atoms with E-state index in [-0.39, 0.29) is 29.3 Å². The molecule has 10 heteroatoms. The molecule has 2 aliphatic rings. The van der Waals surface area contributed by atoms with Gasteiger partial charge in [-0.3, -0.25) is 28.3 Å².